The number of rotatable bonds is 7. The first kappa shape index (κ1) is 22.2. The highest BCUT2D eigenvalue weighted by atomic mass is 16.5. The highest BCUT2D eigenvalue weighted by Crippen LogP contribution is 2.33. The van der Waals surface area contributed by atoms with E-state index in [1.165, 1.54) is 0 Å². The van der Waals surface area contributed by atoms with Gasteiger partial charge in [0, 0.05) is 17.8 Å². The van der Waals surface area contributed by atoms with Gasteiger partial charge in [-0.25, -0.2) is 4.98 Å². The van der Waals surface area contributed by atoms with E-state index in [-0.39, 0.29) is 11.6 Å². The van der Waals surface area contributed by atoms with Crippen LogP contribution in [0.5, 0.6) is 11.5 Å². The Balaban J connectivity index is 1.50. The van der Waals surface area contributed by atoms with E-state index in [2.05, 4.69) is 28.3 Å². The molecule has 7 heteroatoms. The maximum Gasteiger partial charge on any atom is 0.281 e. The third kappa shape index (κ3) is 4.44. The smallest absolute Gasteiger partial charge is 0.281 e. The summed E-state index contributed by atoms with van der Waals surface area (Å²) in [6.45, 7) is 0.329. The van der Waals surface area contributed by atoms with Gasteiger partial charge in [0.1, 0.15) is 5.82 Å². The van der Waals surface area contributed by atoms with Crippen LogP contribution in [0.25, 0.3) is 22.1 Å². The molecule has 5 aromatic rings. The molecule has 7 nitrogen and oxygen atoms in total. The standard InChI is InChI=1S/C28H23N3O4/c1-33-24-14-13-20(16-26(24)34-2)25-17-23(30-35-25)28(32)31(27-12-5-6-15-29-27)18-21-10-7-9-19-8-3-4-11-22(19)21/h3-17H,18H2,1-2H3. The van der Waals surface area contributed by atoms with Gasteiger partial charge in [-0.1, -0.05) is 53.7 Å². The average Bonchev–Trinajstić information content (AvgIpc) is 3.42. The largest absolute Gasteiger partial charge is 0.493 e. The second kappa shape index (κ2) is 9.69. The number of amides is 1. The molecule has 0 unspecified atom stereocenters. The highest BCUT2D eigenvalue weighted by Gasteiger charge is 2.24. The molecule has 2 aromatic heterocycles. The number of carbonyl (C=O) groups is 1. The van der Waals surface area contributed by atoms with E-state index in [1.807, 2.05) is 42.5 Å². The number of methoxy groups -OCH3 is 2. The van der Waals surface area contributed by atoms with Crippen molar-refractivity contribution in [2.45, 2.75) is 6.54 Å². The predicted octanol–water partition coefficient (Wildman–Crippen LogP) is 5.75. The van der Waals surface area contributed by atoms with E-state index in [0.29, 0.717) is 35.2 Å². The minimum atomic E-state index is -0.313. The summed E-state index contributed by atoms with van der Waals surface area (Å²) in [7, 11) is 3.14. The molecule has 0 spiro atoms. The Hall–Kier alpha value is -4.65. The summed E-state index contributed by atoms with van der Waals surface area (Å²) in [6, 6.07) is 26.6. The molecule has 0 aliphatic rings. The number of benzene rings is 3. The molecule has 2 heterocycles. The van der Waals surface area contributed by atoms with Crippen molar-refractivity contribution in [3.63, 3.8) is 0 Å². The molecular formula is C28H23N3O4. The zero-order valence-corrected chi connectivity index (χ0v) is 19.3. The lowest BCUT2D eigenvalue weighted by Gasteiger charge is -2.21. The van der Waals surface area contributed by atoms with E-state index in [4.69, 9.17) is 14.0 Å². The second-order valence-corrected chi connectivity index (χ2v) is 7.86. The van der Waals surface area contributed by atoms with Crippen molar-refractivity contribution in [2.75, 3.05) is 19.1 Å². The SMILES string of the molecule is COc1ccc(-c2cc(C(=O)N(Cc3cccc4ccccc34)c3ccccn3)no2)cc1OC. The quantitative estimate of drug-likeness (QED) is 0.304. The van der Waals surface area contributed by atoms with Crippen molar-refractivity contribution in [1.82, 2.24) is 10.1 Å². The Morgan fingerprint density at radius 1 is 0.886 bits per heavy atom. The Morgan fingerprint density at radius 3 is 2.49 bits per heavy atom. The van der Waals surface area contributed by atoms with Crippen LogP contribution < -0.4 is 14.4 Å². The van der Waals surface area contributed by atoms with Crippen molar-refractivity contribution >= 4 is 22.5 Å². The van der Waals surface area contributed by atoms with Crippen LogP contribution in [-0.4, -0.2) is 30.3 Å². The maximum absolute atomic E-state index is 13.7. The highest BCUT2D eigenvalue weighted by molar-refractivity contribution is 6.05. The molecule has 0 aliphatic carbocycles. The molecule has 3 aromatic carbocycles. The van der Waals surface area contributed by atoms with Gasteiger partial charge in [0.05, 0.1) is 20.8 Å². The number of hydrogen-bond acceptors (Lipinski definition) is 6. The normalized spacial score (nSPS) is 10.8. The third-order valence-corrected chi connectivity index (χ3v) is 5.78. The van der Waals surface area contributed by atoms with Crippen molar-refractivity contribution in [3.8, 4) is 22.8 Å². The van der Waals surface area contributed by atoms with Gasteiger partial charge in [-0.2, -0.15) is 0 Å². The van der Waals surface area contributed by atoms with Crippen LogP contribution in [0.3, 0.4) is 0 Å². The van der Waals surface area contributed by atoms with Gasteiger partial charge < -0.3 is 14.0 Å². The molecule has 174 valence electrons. The number of hydrogen-bond donors (Lipinski definition) is 0. The molecule has 1 amide bonds. The topological polar surface area (TPSA) is 77.7 Å². The summed E-state index contributed by atoms with van der Waals surface area (Å²) in [6.07, 6.45) is 1.66. The van der Waals surface area contributed by atoms with E-state index >= 15 is 0 Å². The van der Waals surface area contributed by atoms with Gasteiger partial charge in [0.25, 0.3) is 5.91 Å². The summed E-state index contributed by atoms with van der Waals surface area (Å²) in [5.41, 5.74) is 1.90. The van der Waals surface area contributed by atoms with Gasteiger partial charge in [-0.05, 0) is 46.7 Å². The molecule has 0 fully saturated rings. The Morgan fingerprint density at radius 2 is 1.69 bits per heavy atom. The summed E-state index contributed by atoms with van der Waals surface area (Å²) < 4.78 is 16.2. The van der Waals surface area contributed by atoms with Crippen molar-refractivity contribution in [1.29, 1.82) is 0 Å². The molecular weight excluding hydrogens is 442 g/mol. The average molecular weight is 466 g/mol. The zero-order chi connectivity index (χ0) is 24.2. The monoisotopic (exact) mass is 465 g/mol. The molecule has 0 radical (unpaired) electrons. The third-order valence-electron chi connectivity index (χ3n) is 5.78. The first-order valence-electron chi connectivity index (χ1n) is 11.1. The first-order valence-corrected chi connectivity index (χ1v) is 11.1. The number of nitrogens with zero attached hydrogens (tertiary/aromatic N) is 3. The van der Waals surface area contributed by atoms with E-state index < -0.39 is 0 Å². The molecule has 5 rings (SSSR count). The fourth-order valence-corrected chi connectivity index (χ4v) is 4.01. The fourth-order valence-electron chi connectivity index (χ4n) is 4.01. The lowest BCUT2D eigenvalue weighted by atomic mass is 10.0. The summed E-state index contributed by atoms with van der Waals surface area (Å²) in [5, 5.41) is 6.26. The Labute approximate surface area is 202 Å². The molecule has 35 heavy (non-hydrogen) atoms. The summed E-state index contributed by atoms with van der Waals surface area (Å²) in [4.78, 5) is 19.7. The summed E-state index contributed by atoms with van der Waals surface area (Å²) >= 11 is 0. The molecule has 0 aliphatic heterocycles. The minimum absolute atomic E-state index is 0.181. The Kier molecular flexibility index (Phi) is 6.13. The second-order valence-electron chi connectivity index (χ2n) is 7.86. The molecule has 0 bridgehead atoms. The minimum Gasteiger partial charge on any atom is -0.493 e. The van der Waals surface area contributed by atoms with Crippen LogP contribution in [0.2, 0.25) is 0 Å². The maximum atomic E-state index is 13.7. The lowest BCUT2D eigenvalue weighted by Crippen LogP contribution is -2.31. The number of fused-ring (bicyclic) bond motifs is 1. The van der Waals surface area contributed by atoms with Gasteiger partial charge in [-0.3, -0.25) is 9.69 Å². The van der Waals surface area contributed by atoms with Crippen LogP contribution in [0.1, 0.15) is 16.1 Å². The number of ether oxygens (including phenoxy) is 2. The van der Waals surface area contributed by atoms with Gasteiger partial charge in [0.15, 0.2) is 23.0 Å². The van der Waals surface area contributed by atoms with Gasteiger partial charge in [0.2, 0.25) is 0 Å². The van der Waals surface area contributed by atoms with Gasteiger partial charge in [-0.15, -0.1) is 0 Å². The van der Waals surface area contributed by atoms with Crippen LogP contribution in [-0.2, 0) is 6.54 Å². The fraction of sp³-hybridized carbons (Fsp3) is 0.107. The van der Waals surface area contributed by atoms with Crippen molar-refractivity contribution in [2.24, 2.45) is 0 Å². The van der Waals surface area contributed by atoms with E-state index in [1.54, 1.807) is 49.6 Å². The van der Waals surface area contributed by atoms with Crippen molar-refractivity contribution in [3.05, 3.63) is 102 Å². The van der Waals surface area contributed by atoms with Crippen LogP contribution in [0.4, 0.5) is 5.82 Å². The molecule has 0 saturated carbocycles. The number of carbonyl (C=O) groups excluding carboxylic acids is 1. The van der Waals surface area contributed by atoms with Crippen LogP contribution >= 0.6 is 0 Å². The summed E-state index contributed by atoms with van der Waals surface area (Å²) in [5.74, 6) is 1.82. The van der Waals surface area contributed by atoms with E-state index in [9.17, 15) is 4.79 Å². The number of pyridine rings is 1. The number of anilines is 1. The van der Waals surface area contributed by atoms with E-state index in [0.717, 1.165) is 16.3 Å². The van der Waals surface area contributed by atoms with Crippen LogP contribution in [0.15, 0.2) is 95.6 Å². The van der Waals surface area contributed by atoms with Crippen LogP contribution in [0, 0.1) is 0 Å². The molecule has 0 atom stereocenters. The molecule has 0 N–H and O–H groups in total. The molecule has 0 saturated heterocycles. The van der Waals surface area contributed by atoms with Gasteiger partial charge >= 0.3 is 0 Å². The first-order chi connectivity index (χ1) is 17.2. The lowest BCUT2D eigenvalue weighted by molar-refractivity contribution is 0.0975. The Bertz CT molecular complexity index is 1480. The predicted molar refractivity (Wildman–Crippen MR) is 134 cm³/mol. The van der Waals surface area contributed by atoms with Crippen molar-refractivity contribution < 1.29 is 18.8 Å². The zero-order valence-electron chi connectivity index (χ0n) is 19.3. The number of aromatic nitrogens is 2.